The Morgan fingerprint density at radius 1 is 1.23 bits per heavy atom. The van der Waals surface area contributed by atoms with Gasteiger partial charge in [-0.05, 0) is 24.7 Å². The Bertz CT molecular complexity index is 140. The maximum absolute atomic E-state index is 5.97. The lowest BCUT2D eigenvalue weighted by Gasteiger charge is -2.36. The van der Waals surface area contributed by atoms with E-state index in [-0.39, 0.29) is 0 Å². The molecule has 0 saturated heterocycles. The van der Waals surface area contributed by atoms with Gasteiger partial charge in [-0.3, -0.25) is 0 Å². The molecule has 0 amide bonds. The van der Waals surface area contributed by atoms with Crippen LogP contribution < -0.4 is 5.32 Å². The molecule has 13 heavy (non-hydrogen) atoms. The summed E-state index contributed by atoms with van der Waals surface area (Å²) in [5.74, 6) is 0. The summed E-state index contributed by atoms with van der Waals surface area (Å²) in [6, 6.07) is 0. The number of hydrogen-bond acceptors (Lipinski definition) is 2. The number of nitrogens with one attached hydrogen (secondary N) is 1. The molecule has 0 aromatic carbocycles. The molecule has 0 fully saturated rings. The second-order valence-electron chi connectivity index (χ2n) is 4.96. The van der Waals surface area contributed by atoms with Crippen LogP contribution in [0.5, 0.6) is 0 Å². The van der Waals surface area contributed by atoms with Crippen molar-refractivity contribution >= 4 is 8.32 Å². The largest absolute Gasteiger partial charge is 0.416 e. The van der Waals surface area contributed by atoms with Crippen molar-refractivity contribution in [2.75, 3.05) is 19.7 Å². The van der Waals surface area contributed by atoms with Gasteiger partial charge in [0.15, 0.2) is 8.32 Å². The summed E-state index contributed by atoms with van der Waals surface area (Å²) in [5, 5.41) is 3.60. The van der Waals surface area contributed by atoms with Crippen molar-refractivity contribution in [2.24, 2.45) is 0 Å². The highest BCUT2D eigenvalue weighted by Gasteiger charge is 2.36. The van der Waals surface area contributed by atoms with Crippen molar-refractivity contribution in [1.29, 1.82) is 0 Å². The Balaban J connectivity index is 3.77. The smallest absolute Gasteiger partial charge is 0.192 e. The van der Waals surface area contributed by atoms with Crippen LogP contribution in [0.4, 0.5) is 0 Å². The van der Waals surface area contributed by atoms with Crippen LogP contribution in [-0.2, 0) is 4.43 Å². The molecular formula is C10H25NOSi. The van der Waals surface area contributed by atoms with Gasteiger partial charge in [-0.2, -0.15) is 0 Å². The van der Waals surface area contributed by atoms with Crippen molar-refractivity contribution < 1.29 is 4.43 Å². The van der Waals surface area contributed by atoms with Gasteiger partial charge in [-0.1, -0.05) is 27.7 Å². The predicted octanol–water partition coefficient (Wildman–Crippen LogP) is 2.62. The lowest BCUT2D eigenvalue weighted by atomic mass is 10.2. The van der Waals surface area contributed by atoms with Gasteiger partial charge in [0.2, 0.25) is 0 Å². The minimum atomic E-state index is -1.49. The second-order valence-corrected chi connectivity index (χ2v) is 9.77. The first kappa shape index (κ1) is 13.1. The Morgan fingerprint density at radius 2 is 1.77 bits per heavy atom. The van der Waals surface area contributed by atoms with Gasteiger partial charge in [-0.25, -0.2) is 0 Å². The van der Waals surface area contributed by atoms with Crippen LogP contribution in [0.25, 0.3) is 0 Å². The van der Waals surface area contributed by atoms with Crippen LogP contribution in [0.3, 0.4) is 0 Å². The summed E-state index contributed by atoms with van der Waals surface area (Å²) in [4.78, 5) is 0. The highest BCUT2D eigenvalue weighted by atomic mass is 28.4. The van der Waals surface area contributed by atoms with Crippen LogP contribution in [-0.4, -0.2) is 28.0 Å². The van der Waals surface area contributed by atoms with E-state index in [2.05, 4.69) is 46.1 Å². The highest BCUT2D eigenvalue weighted by Crippen LogP contribution is 2.36. The molecule has 80 valence electrons. The summed E-state index contributed by atoms with van der Waals surface area (Å²) < 4.78 is 5.97. The van der Waals surface area contributed by atoms with E-state index in [1.807, 2.05) is 0 Å². The maximum atomic E-state index is 5.97. The molecule has 1 N–H and O–H groups in total. The van der Waals surface area contributed by atoms with Crippen molar-refractivity contribution in [2.45, 2.75) is 45.8 Å². The summed E-state index contributed by atoms with van der Waals surface area (Å²) in [7, 11) is -1.49. The molecule has 0 saturated carbocycles. The van der Waals surface area contributed by atoms with E-state index in [1.54, 1.807) is 0 Å². The van der Waals surface area contributed by atoms with E-state index < -0.39 is 8.32 Å². The number of hydrogen-bond donors (Lipinski definition) is 1. The molecular weight excluding hydrogens is 180 g/mol. The van der Waals surface area contributed by atoms with E-state index in [0.717, 1.165) is 19.7 Å². The molecule has 0 aliphatic rings. The fourth-order valence-corrected chi connectivity index (χ4v) is 1.82. The number of likely N-dealkylation sites (N-methyl/N-ethyl adjacent to an activating group) is 1. The van der Waals surface area contributed by atoms with Gasteiger partial charge in [0.25, 0.3) is 0 Å². The van der Waals surface area contributed by atoms with Gasteiger partial charge in [0.1, 0.15) is 0 Å². The third kappa shape index (κ3) is 4.79. The SMILES string of the molecule is CCN[13CH2][13CH2]O[Si](C)(C)C(C)(C)C. The summed E-state index contributed by atoms with van der Waals surface area (Å²) >= 11 is 0. The first-order valence-corrected chi connectivity index (χ1v) is 8.07. The second kappa shape index (κ2) is 5.13. The zero-order valence-corrected chi connectivity index (χ0v) is 11.0. The van der Waals surface area contributed by atoms with E-state index >= 15 is 0 Å². The fraction of sp³-hybridized carbons (Fsp3) is 1.00. The van der Waals surface area contributed by atoms with E-state index in [4.69, 9.17) is 4.43 Å². The van der Waals surface area contributed by atoms with Gasteiger partial charge in [0.05, 0.1) is 0 Å². The van der Waals surface area contributed by atoms with Crippen LogP contribution in [0.1, 0.15) is 27.7 Å². The van der Waals surface area contributed by atoms with Crippen LogP contribution in [0.2, 0.25) is 18.1 Å². The Hall–Kier alpha value is 0.137. The first-order valence-electron chi connectivity index (χ1n) is 5.16. The van der Waals surface area contributed by atoms with E-state index in [9.17, 15) is 0 Å². The molecule has 0 heterocycles. The Morgan fingerprint density at radius 3 is 2.15 bits per heavy atom. The molecule has 0 aromatic heterocycles. The molecule has 0 spiro atoms. The zero-order valence-electron chi connectivity index (χ0n) is 10.0. The molecule has 0 atom stereocenters. The van der Waals surface area contributed by atoms with Gasteiger partial charge in [-0.15, -0.1) is 0 Å². The first-order chi connectivity index (χ1) is 5.81. The molecule has 0 unspecified atom stereocenters. The van der Waals surface area contributed by atoms with E-state index in [1.165, 1.54) is 0 Å². The lowest BCUT2D eigenvalue weighted by Crippen LogP contribution is -2.42. The zero-order chi connectivity index (χ0) is 10.5. The van der Waals surface area contributed by atoms with Gasteiger partial charge in [0, 0.05) is 13.2 Å². The molecule has 3 heteroatoms. The van der Waals surface area contributed by atoms with Gasteiger partial charge < -0.3 is 9.74 Å². The van der Waals surface area contributed by atoms with Crippen molar-refractivity contribution in [3.05, 3.63) is 0 Å². The van der Waals surface area contributed by atoms with Gasteiger partial charge >= 0.3 is 0 Å². The normalized spacial score (nSPS) is 13.4. The third-order valence-electron chi connectivity index (χ3n) is 2.80. The lowest BCUT2D eigenvalue weighted by molar-refractivity contribution is 0.287. The van der Waals surface area contributed by atoms with Crippen molar-refractivity contribution in [1.82, 2.24) is 5.32 Å². The molecule has 0 aliphatic heterocycles. The van der Waals surface area contributed by atoms with Crippen LogP contribution >= 0.6 is 0 Å². The quantitative estimate of drug-likeness (QED) is 0.423. The molecule has 2 nitrogen and oxygen atoms in total. The molecule has 0 rings (SSSR count). The number of rotatable bonds is 5. The summed E-state index contributed by atoms with van der Waals surface area (Å²) in [6.07, 6.45) is 0. The summed E-state index contributed by atoms with van der Waals surface area (Å²) in [6.45, 7) is 16.4. The maximum Gasteiger partial charge on any atom is 0.192 e. The van der Waals surface area contributed by atoms with Crippen LogP contribution in [0, 0.1) is 0 Å². The highest BCUT2D eigenvalue weighted by molar-refractivity contribution is 6.74. The third-order valence-corrected chi connectivity index (χ3v) is 7.34. The topological polar surface area (TPSA) is 21.3 Å². The van der Waals surface area contributed by atoms with Crippen LogP contribution in [0.15, 0.2) is 0 Å². The summed E-state index contributed by atoms with van der Waals surface area (Å²) in [5.41, 5.74) is 0. The molecule has 0 bridgehead atoms. The molecule has 0 aromatic rings. The Kier molecular flexibility index (Phi) is 5.18. The minimum absolute atomic E-state index is 0.333. The van der Waals surface area contributed by atoms with Crippen molar-refractivity contribution in [3.8, 4) is 0 Å². The predicted molar refractivity (Wildman–Crippen MR) is 61.7 cm³/mol. The fourth-order valence-electron chi connectivity index (χ4n) is 0.772. The monoisotopic (exact) mass is 205 g/mol. The van der Waals surface area contributed by atoms with Crippen molar-refractivity contribution in [3.63, 3.8) is 0 Å². The molecule has 0 aliphatic carbocycles. The molecule has 0 radical (unpaired) electrons. The Labute approximate surface area is 84.2 Å². The standard InChI is InChI=1S/C10H25NOSi/c1-7-11-8-9-12-13(5,6)10(2,3)4/h11H,7-9H2,1-6H3/i8+1,9+1. The minimum Gasteiger partial charge on any atom is -0.416 e. The average molecular weight is 205 g/mol. The van der Waals surface area contributed by atoms with E-state index in [0.29, 0.717) is 5.04 Å². The average Bonchev–Trinajstić information content (AvgIpc) is 1.96.